The van der Waals surface area contributed by atoms with E-state index in [1.165, 1.54) is 0 Å². The minimum atomic E-state index is -0.291. The average molecular weight is 180 g/mol. The molecule has 1 heterocycles. The molecule has 1 aromatic rings. The highest BCUT2D eigenvalue weighted by Gasteiger charge is 2.19. The maximum atomic E-state index is 10.7. The number of aromatic nitrogens is 2. The first-order valence-electron chi connectivity index (χ1n) is 4.40. The Bertz CT molecular complexity index is 313. The van der Waals surface area contributed by atoms with Crippen molar-refractivity contribution in [3.8, 4) is 0 Å². The lowest BCUT2D eigenvalue weighted by Gasteiger charge is -2.15. The second kappa shape index (κ2) is 3.32. The van der Waals surface area contributed by atoms with Crippen molar-refractivity contribution in [1.29, 1.82) is 0 Å². The predicted octanol–water partition coefficient (Wildman–Crippen LogP) is 1.50. The highest BCUT2D eigenvalue weighted by Crippen LogP contribution is 2.18. The Labute approximate surface area is 78.8 Å². The number of carbonyl (C=O) groups is 1. The normalized spacial score (nSPS) is 11.7. The standard InChI is InChI=1S/C10H16N2O/c1-8-5-9(12(4)11-8)6-10(2,3)7-13/h5,7H,6H2,1-4H3. The second-order valence-corrected chi connectivity index (χ2v) is 4.18. The molecule has 0 fully saturated rings. The minimum absolute atomic E-state index is 0.291. The van der Waals surface area contributed by atoms with Gasteiger partial charge in [-0.1, -0.05) is 13.8 Å². The van der Waals surface area contributed by atoms with E-state index in [0.29, 0.717) is 0 Å². The summed E-state index contributed by atoms with van der Waals surface area (Å²) in [5.41, 5.74) is 1.81. The monoisotopic (exact) mass is 180 g/mol. The Morgan fingerprint density at radius 3 is 2.62 bits per heavy atom. The third-order valence-electron chi connectivity index (χ3n) is 2.05. The number of aryl methyl sites for hydroxylation is 2. The molecule has 0 saturated heterocycles. The third kappa shape index (κ3) is 2.41. The summed E-state index contributed by atoms with van der Waals surface area (Å²) in [4.78, 5) is 10.7. The van der Waals surface area contributed by atoms with Gasteiger partial charge < -0.3 is 4.79 Å². The van der Waals surface area contributed by atoms with Gasteiger partial charge in [0.1, 0.15) is 6.29 Å². The van der Waals surface area contributed by atoms with Gasteiger partial charge in [0, 0.05) is 24.6 Å². The van der Waals surface area contributed by atoms with Crippen LogP contribution in [0.4, 0.5) is 0 Å². The molecule has 72 valence electrons. The Kier molecular flexibility index (Phi) is 2.55. The van der Waals surface area contributed by atoms with E-state index in [4.69, 9.17) is 0 Å². The Morgan fingerprint density at radius 2 is 2.23 bits per heavy atom. The molecule has 0 radical (unpaired) electrons. The number of nitrogens with zero attached hydrogens (tertiary/aromatic N) is 2. The molecule has 3 nitrogen and oxygen atoms in total. The Balaban J connectivity index is 2.85. The molecule has 0 atom stereocenters. The lowest BCUT2D eigenvalue weighted by Crippen LogP contribution is -2.18. The van der Waals surface area contributed by atoms with Gasteiger partial charge in [0.2, 0.25) is 0 Å². The number of hydrogen-bond donors (Lipinski definition) is 0. The summed E-state index contributed by atoms with van der Waals surface area (Å²) < 4.78 is 1.83. The van der Waals surface area contributed by atoms with Gasteiger partial charge >= 0.3 is 0 Å². The maximum Gasteiger partial charge on any atom is 0.125 e. The van der Waals surface area contributed by atoms with E-state index in [1.54, 1.807) is 0 Å². The van der Waals surface area contributed by atoms with Gasteiger partial charge in [-0.3, -0.25) is 4.68 Å². The summed E-state index contributed by atoms with van der Waals surface area (Å²) in [6.07, 6.45) is 1.74. The topological polar surface area (TPSA) is 34.9 Å². The van der Waals surface area contributed by atoms with Gasteiger partial charge in [0.25, 0.3) is 0 Å². The van der Waals surface area contributed by atoms with E-state index >= 15 is 0 Å². The van der Waals surface area contributed by atoms with Gasteiger partial charge in [-0.25, -0.2) is 0 Å². The van der Waals surface area contributed by atoms with E-state index in [0.717, 1.165) is 24.1 Å². The van der Waals surface area contributed by atoms with E-state index < -0.39 is 0 Å². The van der Waals surface area contributed by atoms with Crippen LogP contribution >= 0.6 is 0 Å². The van der Waals surface area contributed by atoms with Crippen molar-refractivity contribution in [2.45, 2.75) is 27.2 Å². The fourth-order valence-corrected chi connectivity index (χ4v) is 1.34. The summed E-state index contributed by atoms with van der Waals surface area (Å²) in [5, 5.41) is 4.23. The highest BCUT2D eigenvalue weighted by atomic mass is 16.1. The molecular weight excluding hydrogens is 164 g/mol. The molecule has 0 amide bonds. The zero-order chi connectivity index (χ0) is 10.1. The van der Waals surface area contributed by atoms with Crippen molar-refractivity contribution in [1.82, 2.24) is 9.78 Å². The first-order chi connectivity index (χ1) is 5.94. The zero-order valence-corrected chi connectivity index (χ0v) is 8.66. The van der Waals surface area contributed by atoms with Gasteiger partial charge in [0.15, 0.2) is 0 Å². The van der Waals surface area contributed by atoms with Crippen LogP contribution in [-0.4, -0.2) is 16.1 Å². The number of carbonyl (C=O) groups excluding carboxylic acids is 1. The lowest BCUT2D eigenvalue weighted by molar-refractivity contribution is -0.114. The van der Waals surface area contributed by atoms with E-state index in [2.05, 4.69) is 5.10 Å². The fourth-order valence-electron chi connectivity index (χ4n) is 1.34. The number of hydrogen-bond acceptors (Lipinski definition) is 2. The van der Waals surface area contributed by atoms with Gasteiger partial charge in [0.05, 0.1) is 5.69 Å². The molecule has 3 heteroatoms. The van der Waals surface area contributed by atoms with Crippen molar-refractivity contribution >= 4 is 6.29 Å². The molecule has 0 bridgehead atoms. The van der Waals surface area contributed by atoms with Crippen molar-refractivity contribution in [3.05, 3.63) is 17.5 Å². The third-order valence-corrected chi connectivity index (χ3v) is 2.05. The molecule has 0 N–H and O–H groups in total. The lowest BCUT2D eigenvalue weighted by atomic mass is 9.90. The summed E-state index contributed by atoms with van der Waals surface area (Å²) in [7, 11) is 1.91. The summed E-state index contributed by atoms with van der Waals surface area (Å²) in [6.45, 7) is 5.82. The summed E-state index contributed by atoms with van der Waals surface area (Å²) >= 11 is 0. The van der Waals surface area contributed by atoms with Gasteiger partial charge in [-0.05, 0) is 13.0 Å². The number of aldehydes is 1. The van der Waals surface area contributed by atoms with Crippen LogP contribution in [0.3, 0.4) is 0 Å². The predicted molar refractivity (Wildman–Crippen MR) is 51.5 cm³/mol. The Morgan fingerprint density at radius 1 is 1.62 bits per heavy atom. The molecular formula is C10H16N2O. The second-order valence-electron chi connectivity index (χ2n) is 4.18. The van der Waals surface area contributed by atoms with Crippen LogP contribution in [0.15, 0.2) is 6.07 Å². The summed E-state index contributed by atoms with van der Waals surface area (Å²) in [6, 6.07) is 2.02. The smallest absolute Gasteiger partial charge is 0.125 e. The van der Waals surface area contributed by atoms with E-state index in [1.807, 2.05) is 38.6 Å². The van der Waals surface area contributed by atoms with Crippen LogP contribution < -0.4 is 0 Å². The molecule has 1 rings (SSSR count). The largest absolute Gasteiger partial charge is 0.303 e. The molecule has 0 saturated carbocycles. The van der Waals surface area contributed by atoms with E-state index in [9.17, 15) is 4.79 Å². The van der Waals surface area contributed by atoms with Crippen molar-refractivity contribution in [2.24, 2.45) is 12.5 Å². The van der Waals surface area contributed by atoms with E-state index in [-0.39, 0.29) is 5.41 Å². The van der Waals surface area contributed by atoms with Crippen molar-refractivity contribution < 1.29 is 4.79 Å². The highest BCUT2D eigenvalue weighted by molar-refractivity contribution is 5.58. The molecule has 0 aliphatic rings. The minimum Gasteiger partial charge on any atom is -0.303 e. The Hall–Kier alpha value is -1.12. The van der Waals surface area contributed by atoms with Crippen LogP contribution in [0, 0.1) is 12.3 Å². The van der Waals surface area contributed by atoms with Crippen LogP contribution in [0.5, 0.6) is 0 Å². The van der Waals surface area contributed by atoms with Crippen molar-refractivity contribution in [3.63, 3.8) is 0 Å². The zero-order valence-electron chi connectivity index (χ0n) is 8.66. The first-order valence-corrected chi connectivity index (χ1v) is 4.40. The SMILES string of the molecule is Cc1cc(CC(C)(C)C=O)n(C)n1. The molecule has 13 heavy (non-hydrogen) atoms. The van der Waals surface area contributed by atoms with Crippen LogP contribution in [0.2, 0.25) is 0 Å². The molecule has 0 spiro atoms. The van der Waals surface area contributed by atoms with Gasteiger partial charge in [-0.2, -0.15) is 5.10 Å². The molecule has 0 aliphatic carbocycles. The van der Waals surface area contributed by atoms with Gasteiger partial charge in [-0.15, -0.1) is 0 Å². The quantitative estimate of drug-likeness (QED) is 0.661. The fraction of sp³-hybridized carbons (Fsp3) is 0.600. The van der Waals surface area contributed by atoms with Crippen LogP contribution in [0.25, 0.3) is 0 Å². The first kappa shape index (κ1) is 9.96. The molecule has 1 aromatic heterocycles. The summed E-state index contributed by atoms with van der Waals surface area (Å²) in [5.74, 6) is 0. The van der Waals surface area contributed by atoms with Crippen molar-refractivity contribution in [2.75, 3.05) is 0 Å². The van der Waals surface area contributed by atoms with Crippen LogP contribution in [0.1, 0.15) is 25.2 Å². The molecule has 0 unspecified atom stereocenters. The number of rotatable bonds is 3. The molecule has 0 aliphatic heterocycles. The average Bonchev–Trinajstić information content (AvgIpc) is 2.30. The van der Waals surface area contributed by atoms with Crippen LogP contribution in [-0.2, 0) is 18.3 Å². The molecule has 0 aromatic carbocycles. The maximum absolute atomic E-state index is 10.7.